The SMILES string of the molecule is CCc1nc(C)c(CC)c2ccccc12. The van der Waals surface area contributed by atoms with E-state index in [4.69, 9.17) is 4.98 Å². The van der Waals surface area contributed by atoms with E-state index in [1.165, 1.54) is 27.7 Å². The Kier molecular flexibility index (Phi) is 2.72. The first-order chi connectivity index (χ1) is 7.27. The van der Waals surface area contributed by atoms with Gasteiger partial charge in [0.2, 0.25) is 0 Å². The Hall–Kier alpha value is -1.37. The lowest BCUT2D eigenvalue weighted by atomic mass is 9.99. The smallest absolute Gasteiger partial charge is 0.0482 e. The molecule has 1 heteroatoms. The molecule has 15 heavy (non-hydrogen) atoms. The second-order valence-electron chi connectivity index (χ2n) is 3.88. The van der Waals surface area contributed by atoms with Crippen LogP contribution in [0.3, 0.4) is 0 Å². The molecule has 1 aromatic heterocycles. The predicted molar refractivity (Wildman–Crippen MR) is 65.2 cm³/mol. The van der Waals surface area contributed by atoms with Crippen LogP contribution in [0.25, 0.3) is 10.8 Å². The molecule has 78 valence electrons. The number of rotatable bonds is 2. The quantitative estimate of drug-likeness (QED) is 0.719. The highest BCUT2D eigenvalue weighted by molar-refractivity contribution is 5.88. The van der Waals surface area contributed by atoms with Gasteiger partial charge in [-0.1, -0.05) is 38.1 Å². The minimum absolute atomic E-state index is 1.01. The van der Waals surface area contributed by atoms with Gasteiger partial charge in [-0.25, -0.2) is 0 Å². The molecule has 0 spiro atoms. The molecule has 0 amide bonds. The summed E-state index contributed by atoms with van der Waals surface area (Å²) in [7, 11) is 0. The maximum atomic E-state index is 4.69. The van der Waals surface area contributed by atoms with Gasteiger partial charge in [0.05, 0.1) is 0 Å². The van der Waals surface area contributed by atoms with Gasteiger partial charge in [0.1, 0.15) is 0 Å². The zero-order chi connectivity index (χ0) is 10.8. The molecule has 0 fully saturated rings. The van der Waals surface area contributed by atoms with Crippen molar-refractivity contribution in [1.82, 2.24) is 4.98 Å². The fraction of sp³-hybridized carbons (Fsp3) is 0.357. The summed E-state index contributed by atoms with van der Waals surface area (Å²) >= 11 is 0. The topological polar surface area (TPSA) is 12.9 Å². The van der Waals surface area contributed by atoms with E-state index in [2.05, 4.69) is 45.0 Å². The van der Waals surface area contributed by atoms with E-state index in [9.17, 15) is 0 Å². The van der Waals surface area contributed by atoms with Gasteiger partial charge in [0.25, 0.3) is 0 Å². The summed E-state index contributed by atoms with van der Waals surface area (Å²) in [6, 6.07) is 8.60. The monoisotopic (exact) mass is 199 g/mol. The molecule has 0 N–H and O–H groups in total. The molecule has 1 nitrogen and oxygen atoms in total. The van der Waals surface area contributed by atoms with Crippen LogP contribution in [0, 0.1) is 6.92 Å². The summed E-state index contributed by atoms with van der Waals surface area (Å²) in [5.41, 5.74) is 3.80. The number of hydrogen-bond donors (Lipinski definition) is 0. The Bertz CT molecular complexity index is 486. The van der Waals surface area contributed by atoms with Crippen molar-refractivity contribution in [2.45, 2.75) is 33.6 Å². The van der Waals surface area contributed by atoms with Crippen molar-refractivity contribution in [3.05, 3.63) is 41.2 Å². The number of nitrogens with zero attached hydrogens (tertiary/aromatic N) is 1. The fourth-order valence-corrected chi connectivity index (χ4v) is 2.24. The highest BCUT2D eigenvalue weighted by atomic mass is 14.7. The van der Waals surface area contributed by atoms with Crippen molar-refractivity contribution in [2.75, 3.05) is 0 Å². The third-order valence-electron chi connectivity index (χ3n) is 2.99. The van der Waals surface area contributed by atoms with Crippen LogP contribution in [0.1, 0.15) is 30.8 Å². The Morgan fingerprint density at radius 2 is 1.67 bits per heavy atom. The van der Waals surface area contributed by atoms with Gasteiger partial charge in [0.15, 0.2) is 0 Å². The van der Waals surface area contributed by atoms with Crippen molar-refractivity contribution < 1.29 is 0 Å². The molecule has 0 saturated heterocycles. The summed E-state index contributed by atoms with van der Waals surface area (Å²) in [6.45, 7) is 6.48. The summed E-state index contributed by atoms with van der Waals surface area (Å²) in [4.78, 5) is 4.69. The molecule has 2 rings (SSSR count). The van der Waals surface area contributed by atoms with E-state index >= 15 is 0 Å². The van der Waals surface area contributed by atoms with Crippen molar-refractivity contribution in [3.63, 3.8) is 0 Å². The normalized spacial score (nSPS) is 10.9. The van der Waals surface area contributed by atoms with Crippen LogP contribution in [0.2, 0.25) is 0 Å². The van der Waals surface area contributed by atoms with Crippen LogP contribution in [0.4, 0.5) is 0 Å². The van der Waals surface area contributed by atoms with Gasteiger partial charge in [-0.3, -0.25) is 4.98 Å². The van der Waals surface area contributed by atoms with Crippen LogP contribution in [0.5, 0.6) is 0 Å². The van der Waals surface area contributed by atoms with Crippen LogP contribution in [-0.4, -0.2) is 4.98 Å². The highest BCUT2D eigenvalue weighted by Gasteiger charge is 2.07. The third-order valence-corrected chi connectivity index (χ3v) is 2.99. The average Bonchev–Trinajstić information content (AvgIpc) is 2.28. The molecule has 0 radical (unpaired) electrons. The predicted octanol–water partition coefficient (Wildman–Crippen LogP) is 3.67. The fourth-order valence-electron chi connectivity index (χ4n) is 2.24. The maximum absolute atomic E-state index is 4.69. The van der Waals surface area contributed by atoms with Gasteiger partial charge >= 0.3 is 0 Å². The molecule has 1 heterocycles. The number of aromatic nitrogens is 1. The van der Waals surface area contributed by atoms with Crippen molar-refractivity contribution >= 4 is 10.8 Å². The zero-order valence-electron chi connectivity index (χ0n) is 9.67. The number of benzene rings is 1. The van der Waals surface area contributed by atoms with Gasteiger partial charge in [-0.2, -0.15) is 0 Å². The minimum Gasteiger partial charge on any atom is -0.257 e. The molecule has 0 aliphatic carbocycles. The number of hydrogen-bond acceptors (Lipinski definition) is 1. The Morgan fingerprint density at radius 3 is 2.27 bits per heavy atom. The van der Waals surface area contributed by atoms with Gasteiger partial charge < -0.3 is 0 Å². The minimum atomic E-state index is 1.01. The largest absolute Gasteiger partial charge is 0.257 e. The molecule has 2 aromatic rings. The molecule has 0 aliphatic heterocycles. The van der Waals surface area contributed by atoms with Gasteiger partial charge in [0, 0.05) is 16.8 Å². The molecule has 0 saturated carbocycles. The van der Waals surface area contributed by atoms with E-state index in [0.29, 0.717) is 0 Å². The highest BCUT2D eigenvalue weighted by Crippen LogP contribution is 2.24. The van der Waals surface area contributed by atoms with E-state index in [0.717, 1.165) is 12.8 Å². The average molecular weight is 199 g/mol. The second kappa shape index (κ2) is 4.01. The molecule has 0 unspecified atom stereocenters. The van der Waals surface area contributed by atoms with E-state index in [1.54, 1.807) is 0 Å². The molecule has 0 aliphatic rings. The zero-order valence-corrected chi connectivity index (χ0v) is 9.67. The first-order valence-corrected chi connectivity index (χ1v) is 5.65. The van der Waals surface area contributed by atoms with Crippen LogP contribution >= 0.6 is 0 Å². The summed E-state index contributed by atoms with van der Waals surface area (Å²) in [5.74, 6) is 0. The van der Waals surface area contributed by atoms with Gasteiger partial charge in [-0.05, 0) is 30.7 Å². The second-order valence-corrected chi connectivity index (χ2v) is 3.88. The Balaban J connectivity index is 2.86. The van der Waals surface area contributed by atoms with Crippen molar-refractivity contribution in [2.24, 2.45) is 0 Å². The first kappa shape index (κ1) is 10.2. The Labute approximate surface area is 91.2 Å². The summed E-state index contributed by atoms with van der Waals surface area (Å²) in [5, 5.41) is 2.70. The van der Waals surface area contributed by atoms with Crippen molar-refractivity contribution in [3.8, 4) is 0 Å². The molecular formula is C14H17N. The number of fused-ring (bicyclic) bond motifs is 1. The number of pyridine rings is 1. The van der Waals surface area contributed by atoms with E-state index in [1.807, 2.05) is 0 Å². The van der Waals surface area contributed by atoms with Crippen LogP contribution in [-0.2, 0) is 12.8 Å². The molecular weight excluding hydrogens is 182 g/mol. The standard InChI is InChI=1S/C14H17N/c1-4-11-10(3)15-14(5-2)13-9-7-6-8-12(11)13/h6-9H,4-5H2,1-3H3. The first-order valence-electron chi connectivity index (χ1n) is 5.65. The maximum Gasteiger partial charge on any atom is 0.0482 e. The van der Waals surface area contributed by atoms with Crippen LogP contribution < -0.4 is 0 Å². The van der Waals surface area contributed by atoms with Crippen LogP contribution in [0.15, 0.2) is 24.3 Å². The summed E-state index contributed by atoms with van der Waals surface area (Å²) in [6.07, 6.45) is 2.06. The molecule has 1 aromatic carbocycles. The lowest BCUT2D eigenvalue weighted by molar-refractivity contribution is 0.991. The van der Waals surface area contributed by atoms with Gasteiger partial charge in [-0.15, -0.1) is 0 Å². The lowest BCUT2D eigenvalue weighted by Crippen LogP contribution is -1.98. The number of aryl methyl sites for hydroxylation is 3. The molecule has 0 bridgehead atoms. The summed E-state index contributed by atoms with van der Waals surface area (Å²) < 4.78 is 0. The third kappa shape index (κ3) is 1.63. The van der Waals surface area contributed by atoms with E-state index < -0.39 is 0 Å². The lowest BCUT2D eigenvalue weighted by Gasteiger charge is -2.11. The molecule has 0 atom stereocenters. The van der Waals surface area contributed by atoms with Crippen molar-refractivity contribution in [1.29, 1.82) is 0 Å². The Morgan fingerprint density at radius 1 is 1.00 bits per heavy atom. The van der Waals surface area contributed by atoms with E-state index in [-0.39, 0.29) is 0 Å².